The first-order chi connectivity index (χ1) is 11.9. The molecule has 126 valence electrons. The van der Waals surface area contributed by atoms with Crippen LogP contribution in [0, 0.1) is 5.82 Å². The molecule has 2 aromatic carbocycles. The molecule has 1 heterocycles. The van der Waals surface area contributed by atoms with E-state index >= 15 is 0 Å². The number of hydrogen-bond donors (Lipinski definition) is 2. The van der Waals surface area contributed by atoms with Crippen molar-refractivity contribution in [1.29, 1.82) is 0 Å². The van der Waals surface area contributed by atoms with E-state index in [-0.39, 0.29) is 16.1 Å². The number of carbonyl (C=O) groups is 1. The predicted molar refractivity (Wildman–Crippen MR) is 96.9 cm³/mol. The van der Waals surface area contributed by atoms with Gasteiger partial charge in [-0.2, -0.15) is 0 Å². The smallest absolute Gasteiger partial charge is 0.256 e. The van der Waals surface area contributed by atoms with Gasteiger partial charge < -0.3 is 10.3 Å². The molecule has 0 unspecified atom stereocenters. The molecular weight excluding hydrogens is 366 g/mol. The minimum absolute atomic E-state index is 0.174. The number of halogens is 3. The van der Waals surface area contributed by atoms with Crippen molar-refractivity contribution in [2.45, 2.75) is 0 Å². The lowest BCUT2D eigenvalue weighted by atomic mass is 9.99. The highest BCUT2D eigenvalue weighted by Gasteiger charge is 2.16. The molecule has 25 heavy (non-hydrogen) atoms. The van der Waals surface area contributed by atoms with Gasteiger partial charge in [0, 0.05) is 34.1 Å². The van der Waals surface area contributed by atoms with Gasteiger partial charge in [-0.1, -0.05) is 29.3 Å². The zero-order valence-corrected chi connectivity index (χ0v) is 14.2. The van der Waals surface area contributed by atoms with Gasteiger partial charge in [0.1, 0.15) is 5.82 Å². The summed E-state index contributed by atoms with van der Waals surface area (Å²) in [6.45, 7) is 0. The molecule has 0 saturated carbocycles. The van der Waals surface area contributed by atoms with Gasteiger partial charge in [0.05, 0.1) is 5.02 Å². The van der Waals surface area contributed by atoms with E-state index in [4.69, 9.17) is 23.2 Å². The molecule has 1 aromatic heterocycles. The van der Waals surface area contributed by atoms with Crippen LogP contribution in [-0.2, 0) is 0 Å². The van der Waals surface area contributed by atoms with Crippen molar-refractivity contribution in [3.05, 3.63) is 86.5 Å². The van der Waals surface area contributed by atoms with Crippen LogP contribution in [0.2, 0.25) is 10.0 Å². The fourth-order valence-corrected chi connectivity index (χ4v) is 2.81. The monoisotopic (exact) mass is 376 g/mol. The predicted octanol–water partition coefficient (Wildman–Crippen LogP) is 4.74. The maximum absolute atomic E-state index is 13.3. The molecule has 0 fully saturated rings. The van der Waals surface area contributed by atoms with Crippen LogP contribution in [-0.4, -0.2) is 10.9 Å². The van der Waals surface area contributed by atoms with Gasteiger partial charge in [0.15, 0.2) is 0 Å². The zero-order chi connectivity index (χ0) is 18.0. The Morgan fingerprint density at radius 3 is 2.48 bits per heavy atom. The number of rotatable bonds is 3. The summed E-state index contributed by atoms with van der Waals surface area (Å²) in [5, 5.41) is 3.17. The van der Waals surface area contributed by atoms with E-state index in [2.05, 4.69) is 10.3 Å². The number of aromatic nitrogens is 1. The summed E-state index contributed by atoms with van der Waals surface area (Å²) in [5.41, 5.74) is 1.24. The van der Waals surface area contributed by atoms with Crippen LogP contribution in [0.3, 0.4) is 0 Å². The van der Waals surface area contributed by atoms with E-state index in [1.807, 2.05) is 0 Å². The highest BCUT2D eigenvalue weighted by molar-refractivity contribution is 6.34. The van der Waals surface area contributed by atoms with E-state index in [0.29, 0.717) is 21.8 Å². The fraction of sp³-hybridized carbons (Fsp3) is 0. The third-order valence-corrected chi connectivity index (χ3v) is 4.03. The average Bonchev–Trinajstić information content (AvgIpc) is 2.55. The van der Waals surface area contributed by atoms with Gasteiger partial charge in [-0.3, -0.25) is 9.59 Å². The molecular formula is C18H11Cl2FN2O2. The maximum Gasteiger partial charge on any atom is 0.256 e. The van der Waals surface area contributed by atoms with E-state index in [0.717, 1.165) is 0 Å². The van der Waals surface area contributed by atoms with Crippen molar-refractivity contribution < 1.29 is 9.18 Å². The third kappa shape index (κ3) is 3.90. The number of anilines is 1. The number of nitrogens with one attached hydrogen (secondary N) is 2. The summed E-state index contributed by atoms with van der Waals surface area (Å²) < 4.78 is 13.3. The minimum Gasteiger partial charge on any atom is -0.329 e. The minimum atomic E-state index is -0.475. The topological polar surface area (TPSA) is 62.0 Å². The summed E-state index contributed by atoms with van der Waals surface area (Å²) in [7, 11) is 0. The number of hydrogen-bond acceptors (Lipinski definition) is 2. The van der Waals surface area contributed by atoms with Crippen molar-refractivity contribution in [3.63, 3.8) is 0 Å². The van der Waals surface area contributed by atoms with Gasteiger partial charge in [0.25, 0.3) is 5.91 Å². The van der Waals surface area contributed by atoms with Gasteiger partial charge in [-0.15, -0.1) is 0 Å². The number of H-pyrrole nitrogens is 1. The molecule has 0 aliphatic carbocycles. The normalized spacial score (nSPS) is 10.5. The first-order valence-corrected chi connectivity index (χ1v) is 7.95. The van der Waals surface area contributed by atoms with Crippen molar-refractivity contribution in [2.75, 3.05) is 5.32 Å². The largest absolute Gasteiger partial charge is 0.329 e. The lowest BCUT2D eigenvalue weighted by Crippen LogP contribution is -2.15. The second kappa shape index (κ2) is 7.09. The van der Waals surface area contributed by atoms with Crippen molar-refractivity contribution in [2.24, 2.45) is 0 Å². The number of pyridine rings is 1. The van der Waals surface area contributed by atoms with Crippen LogP contribution in [0.15, 0.2) is 59.5 Å². The molecule has 7 heteroatoms. The molecule has 1 amide bonds. The van der Waals surface area contributed by atoms with Crippen LogP contribution in [0.4, 0.5) is 10.1 Å². The Kier molecular flexibility index (Phi) is 4.88. The van der Waals surface area contributed by atoms with Crippen LogP contribution in [0.1, 0.15) is 10.4 Å². The second-order valence-electron chi connectivity index (χ2n) is 5.21. The summed E-state index contributed by atoms with van der Waals surface area (Å²) in [6, 6.07) is 11.5. The van der Waals surface area contributed by atoms with Crippen molar-refractivity contribution in [1.82, 2.24) is 4.98 Å². The van der Waals surface area contributed by atoms with E-state index in [9.17, 15) is 14.0 Å². The first kappa shape index (κ1) is 17.2. The summed E-state index contributed by atoms with van der Waals surface area (Å²) in [4.78, 5) is 26.5. The van der Waals surface area contributed by atoms with E-state index in [1.165, 1.54) is 36.5 Å². The van der Waals surface area contributed by atoms with E-state index < -0.39 is 11.7 Å². The highest BCUT2D eigenvalue weighted by atomic mass is 35.5. The SMILES string of the molecule is O=C(Nc1cc[nH]c(=O)c1)c1cc(Cl)ccc1-c1ccc(F)cc1Cl. The summed E-state index contributed by atoms with van der Waals surface area (Å²) >= 11 is 12.1. The van der Waals surface area contributed by atoms with Crippen molar-refractivity contribution >= 4 is 34.8 Å². The van der Waals surface area contributed by atoms with Gasteiger partial charge in [-0.25, -0.2) is 4.39 Å². The van der Waals surface area contributed by atoms with Crippen LogP contribution >= 0.6 is 23.2 Å². The molecule has 0 spiro atoms. The quantitative estimate of drug-likeness (QED) is 0.693. The Labute approximate surface area is 152 Å². The molecule has 3 rings (SSSR count). The van der Waals surface area contributed by atoms with Gasteiger partial charge in [-0.05, 0) is 42.0 Å². The molecule has 2 N–H and O–H groups in total. The molecule has 0 bridgehead atoms. The molecule has 0 aliphatic rings. The van der Waals surface area contributed by atoms with Crippen LogP contribution in [0.25, 0.3) is 11.1 Å². The van der Waals surface area contributed by atoms with Crippen LogP contribution in [0.5, 0.6) is 0 Å². The zero-order valence-electron chi connectivity index (χ0n) is 12.6. The standard InChI is InChI=1S/C18H11Cl2FN2O2/c19-10-1-3-13(14-4-2-11(21)8-16(14)20)15(7-10)18(25)23-12-5-6-22-17(24)9-12/h1-9H,(H2,22,23,24,25). The maximum atomic E-state index is 13.3. The molecule has 0 atom stereocenters. The lowest BCUT2D eigenvalue weighted by molar-refractivity contribution is 0.102. The number of aromatic amines is 1. The Morgan fingerprint density at radius 1 is 1.00 bits per heavy atom. The molecule has 4 nitrogen and oxygen atoms in total. The number of benzene rings is 2. The van der Waals surface area contributed by atoms with Gasteiger partial charge in [0.2, 0.25) is 5.56 Å². The molecule has 0 radical (unpaired) electrons. The Balaban J connectivity index is 2.04. The van der Waals surface area contributed by atoms with Crippen LogP contribution < -0.4 is 10.9 Å². The average molecular weight is 377 g/mol. The fourth-order valence-electron chi connectivity index (χ4n) is 2.37. The second-order valence-corrected chi connectivity index (χ2v) is 6.05. The Hall–Kier alpha value is -2.63. The Bertz CT molecular complexity index is 1020. The molecule has 3 aromatic rings. The highest BCUT2D eigenvalue weighted by Crippen LogP contribution is 2.33. The number of carbonyl (C=O) groups excluding carboxylic acids is 1. The Morgan fingerprint density at radius 2 is 1.76 bits per heavy atom. The lowest BCUT2D eigenvalue weighted by Gasteiger charge is -2.12. The third-order valence-electron chi connectivity index (χ3n) is 3.48. The van der Waals surface area contributed by atoms with E-state index in [1.54, 1.807) is 18.2 Å². The summed E-state index contributed by atoms with van der Waals surface area (Å²) in [5.74, 6) is -0.944. The van der Waals surface area contributed by atoms with Gasteiger partial charge >= 0.3 is 0 Å². The van der Waals surface area contributed by atoms with Crippen molar-refractivity contribution in [3.8, 4) is 11.1 Å². The first-order valence-electron chi connectivity index (χ1n) is 7.19. The summed E-state index contributed by atoms with van der Waals surface area (Å²) in [6.07, 6.45) is 1.42. The number of amides is 1. The molecule has 0 aliphatic heterocycles. The molecule has 0 saturated heterocycles.